The molecule has 1 fully saturated rings. The van der Waals surface area contributed by atoms with E-state index in [0.717, 1.165) is 0 Å². The van der Waals surface area contributed by atoms with Gasteiger partial charge in [-0.15, -0.1) is 0 Å². The fourth-order valence-corrected chi connectivity index (χ4v) is 2.09. The molecular weight excluding hydrogens is 320 g/mol. The van der Waals surface area contributed by atoms with E-state index in [-0.39, 0.29) is 0 Å². The topological polar surface area (TPSA) is 197 Å². The number of hydrogen-bond donors (Lipinski definition) is 8. The van der Waals surface area contributed by atoms with E-state index in [4.69, 9.17) is 24.8 Å². The molecule has 1 saturated heterocycles. The molecule has 0 aliphatic carbocycles. The van der Waals surface area contributed by atoms with Gasteiger partial charge in [0.15, 0.2) is 12.1 Å². The molecule has 11 nitrogen and oxygen atoms in total. The Morgan fingerprint density at radius 3 is 2.13 bits per heavy atom. The molecule has 8 atom stereocenters. The maximum Gasteiger partial charge on any atom is 0.189 e. The van der Waals surface area contributed by atoms with E-state index in [1.54, 1.807) is 0 Å². The van der Waals surface area contributed by atoms with Crippen LogP contribution in [0.4, 0.5) is 0 Å². The second-order valence-corrected chi connectivity index (χ2v) is 5.12. The van der Waals surface area contributed by atoms with Crippen LogP contribution in [0.1, 0.15) is 0 Å². The molecule has 0 bridgehead atoms. The van der Waals surface area contributed by atoms with Crippen LogP contribution in [0.2, 0.25) is 0 Å². The fourth-order valence-electron chi connectivity index (χ4n) is 2.09. The highest BCUT2D eigenvalue weighted by molar-refractivity contribution is 5.84. The number of aliphatic hydroxyl groups excluding tert-OH is 8. The van der Waals surface area contributed by atoms with Crippen molar-refractivity contribution in [2.75, 3.05) is 19.8 Å². The molecule has 136 valence electrons. The van der Waals surface area contributed by atoms with Gasteiger partial charge < -0.3 is 50.3 Å². The van der Waals surface area contributed by atoms with Gasteiger partial charge in [0.25, 0.3) is 0 Å². The van der Waals surface area contributed by atoms with Crippen molar-refractivity contribution in [3.8, 4) is 0 Å². The standard InChI is InChI=1S/C12H22O11/c13-1-4(16)7(18)11(5(17)2-14)23-12-10(21)9(20)8(19)6(3-15)22-12/h5-15,17-21H,1-3H2/t5-,6-,7-,8+,9+,10-,11-,12+/m1/s1. The van der Waals surface area contributed by atoms with Crippen molar-refractivity contribution in [2.45, 2.75) is 49.0 Å². The summed E-state index contributed by atoms with van der Waals surface area (Å²) in [6.45, 7) is -2.71. The first-order valence-electron chi connectivity index (χ1n) is 6.85. The molecule has 0 aromatic heterocycles. The number of ketones is 1. The van der Waals surface area contributed by atoms with Gasteiger partial charge in [0.1, 0.15) is 49.3 Å². The zero-order valence-corrected chi connectivity index (χ0v) is 12.0. The molecule has 1 rings (SSSR count). The van der Waals surface area contributed by atoms with Crippen LogP contribution in [-0.2, 0) is 14.3 Å². The third kappa shape index (κ3) is 4.64. The summed E-state index contributed by atoms with van der Waals surface area (Å²) >= 11 is 0. The zero-order valence-electron chi connectivity index (χ0n) is 12.0. The van der Waals surface area contributed by atoms with Crippen molar-refractivity contribution in [1.82, 2.24) is 0 Å². The summed E-state index contributed by atoms with van der Waals surface area (Å²) in [4.78, 5) is 11.3. The normalized spacial score (nSPS) is 35.6. The number of aliphatic hydroxyl groups is 8. The van der Waals surface area contributed by atoms with Gasteiger partial charge in [-0.2, -0.15) is 0 Å². The lowest BCUT2D eigenvalue weighted by Crippen LogP contribution is -2.61. The molecular formula is C12H22O11. The largest absolute Gasteiger partial charge is 0.394 e. The molecule has 0 unspecified atom stereocenters. The number of rotatable bonds is 8. The predicted octanol–water partition coefficient (Wildman–Crippen LogP) is -5.55. The van der Waals surface area contributed by atoms with Gasteiger partial charge >= 0.3 is 0 Å². The maximum absolute atomic E-state index is 11.3. The Bertz CT molecular complexity index is 376. The first-order valence-corrected chi connectivity index (χ1v) is 6.85. The first-order chi connectivity index (χ1) is 10.8. The van der Waals surface area contributed by atoms with E-state index in [9.17, 15) is 30.3 Å². The third-order valence-electron chi connectivity index (χ3n) is 3.50. The Hall–Kier alpha value is -0.730. The number of Topliss-reactive ketones (excluding diaryl/α,β-unsaturated/α-hetero) is 1. The number of ether oxygens (including phenoxy) is 2. The van der Waals surface area contributed by atoms with Crippen LogP contribution in [0.3, 0.4) is 0 Å². The Labute approximate surface area is 130 Å². The van der Waals surface area contributed by atoms with Crippen molar-refractivity contribution < 1.29 is 55.1 Å². The average molecular weight is 342 g/mol. The predicted molar refractivity (Wildman–Crippen MR) is 69.8 cm³/mol. The van der Waals surface area contributed by atoms with E-state index in [0.29, 0.717) is 0 Å². The van der Waals surface area contributed by atoms with Gasteiger partial charge in [-0.3, -0.25) is 4.79 Å². The van der Waals surface area contributed by atoms with E-state index >= 15 is 0 Å². The van der Waals surface area contributed by atoms with Crippen molar-refractivity contribution in [3.63, 3.8) is 0 Å². The molecule has 0 amide bonds. The minimum Gasteiger partial charge on any atom is -0.394 e. The summed E-state index contributed by atoms with van der Waals surface area (Å²) in [7, 11) is 0. The van der Waals surface area contributed by atoms with Gasteiger partial charge in [0.2, 0.25) is 0 Å². The highest BCUT2D eigenvalue weighted by Gasteiger charge is 2.46. The summed E-state index contributed by atoms with van der Waals surface area (Å²) in [5, 5.41) is 75.1. The van der Waals surface area contributed by atoms with E-state index < -0.39 is 74.6 Å². The van der Waals surface area contributed by atoms with Gasteiger partial charge in [0.05, 0.1) is 13.2 Å². The number of carbonyl (C=O) groups excluding carboxylic acids is 1. The summed E-state index contributed by atoms with van der Waals surface area (Å²) < 4.78 is 10.1. The summed E-state index contributed by atoms with van der Waals surface area (Å²) in [6.07, 6.45) is -13.8. The summed E-state index contributed by atoms with van der Waals surface area (Å²) in [5.41, 5.74) is 0. The summed E-state index contributed by atoms with van der Waals surface area (Å²) in [5.74, 6) is -1.12. The number of carbonyl (C=O) groups is 1. The molecule has 23 heavy (non-hydrogen) atoms. The van der Waals surface area contributed by atoms with Crippen molar-refractivity contribution in [3.05, 3.63) is 0 Å². The van der Waals surface area contributed by atoms with E-state index in [1.807, 2.05) is 0 Å². The van der Waals surface area contributed by atoms with Gasteiger partial charge in [-0.1, -0.05) is 0 Å². The minimum atomic E-state index is -2.05. The monoisotopic (exact) mass is 342 g/mol. The molecule has 0 radical (unpaired) electrons. The molecule has 0 aromatic rings. The average Bonchev–Trinajstić information content (AvgIpc) is 2.57. The molecule has 1 aliphatic rings. The second kappa shape index (κ2) is 8.94. The highest BCUT2D eigenvalue weighted by Crippen LogP contribution is 2.24. The third-order valence-corrected chi connectivity index (χ3v) is 3.50. The quantitative estimate of drug-likeness (QED) is 0.209. The lowest BCUT2D eigenvalue weighted by atomic mass is 9.98. The van der Waals surface area contributed by atoms with E-state index in [2.05, 4.69) is 0 Å². The van der Waals surface area contributed by atoms with Crippen molar-refractivity contribution >= 4 is 5.78 Å². The van der Waals surface area contributed by atoms with Gasteiger partial charge in [0, 0.05) is 0 Å². The SMILES string of the molecule is O=C(CO)[C@@H](O)[C@H](O[C@@H]1O[C@H](CO)[C@H](O)[C@H](O)[C@H]1O)[C@H](O)CO. The van der Waals surface area contributed by atoms with Gasteiger partial charge in [-0.05, 0) is 0 Å². The van der Waals surface area contributed by atoms with Crippen LogP contribution in [0.15, 0.2) is 0 Å². The van der Waals surface area contributed by atoms with Crippen molar-refractivity contribution in [2.24, 2.45) is 0 Å². The number of hydrogen-bond acceptors (Lipinski definition) is 11. The van der Waals surface area contributed by atoms with Crippen LogP contribution < -0.4 is 0 Å². The first kappa shape index (κ1) is 20.3. The molecule has 0 spiro atoms. The lowest BCUT2D eigenvalue weighted by molar-refractivity contribution is -0.323. The lowest BCUT2D eigenvalue weighted by Gasteiger charge is -2.41. The Balaban J connectivity index is 2.91. The van der Waals surface area contributed by atoms with Crippen LogP contribution in [0.25, 0.3) is 0 Å². The Kier molecular flexibility index (Phi) is 7.89. The van der Waals surface area contributed by atoms with Crippen molar-refractivity contribution in [1.29, 1.82) is 0 Å². The molecule has 8 N–H and O–H groups in total. The minimum absolute atomic E-state index is 0.726. The molecule has 0 aromatic carbocycles. The Morgan fingerprint density at radius 1 is 1.04 bits per heavy atom. The molecule has 1 heterocycles. The molecule has 0 saturated carbocycles. The van der Waals surface area contributed by atoms with Gasteiger partial charge in [-0.25, -0.2) is 0 Å². The summed E-state index contributed by atoms with van der Waals surface area (Å²) in [6, 6.07) is 0. The smallest absolute Gasteiger partial charge is 0.189 e. The molecule has 11 heteroatoms. The maximum atomic E-state index is 11.3. The van der Waals surface area contributed by atoms with Crippen LogP contribution in [-0.4, -0.2) is 115 Å². The van der Waals surface area contributed by atoms with Crippen LogP contribution in [0, 0.1) is 0 Å². The van der Waals surface area contributed by atoms with E-state index in [1.165, 1.54) is 0 Å². The fraction of sp³-hybridized carbons (Fsp3) is 0.917. The van der Waals surface area contributed by atoms with Crippen LogP contribution in [0.5, 0.6) is 0 Å². The second-order valence-electron chi connectivity index (χ2n) is 5.12. The van der Waals surface area contributed by atoms with Crippen LogP contribution >= 0.6 is 0 Å². The zero-order chi connectivity index (χ0) is 17.7. The molecule has 1 aliphatic heterocycles. The Morgan fingerprint density at radius 2 is 1.65 bits per heavy atom. The highest BCUT2D eigenvalue weighted by atomic mass is 16.7.